The number of aryl methyl sites for hydroxylation is 1. The highest BCUT2D eigenvalue weighted by molar-refractivity contribution is 5.49. The maximum Gasteiger partial charge on any atom is 0.416 e. The number of hydrogen-bond acceptors (Lipinski definition) is 2. The Labute approximate surface area is 99.4 Å². The molecular weight excluding hydrogens is 229 g/mol. The van der Waals surface area contributed by atoms with E-state index in [4.69, 9.17) is 0 Å². The van der Waals surface area contributed by atoms with Crippen LogP contribution in [-0.2, 0) is 6.18 Å². The van der Waals surface area contributed by atoms with Gasteiger partial charge in [0.25, 0.3) is 0 Å². The Bertz CT molecular complexity index is 373. The number of rotatable bonds is 4. The molecule has 0 radical (unpaired) electrons. The number of alkyl halides is 3. The summed E-state index contributed by atoms with van der Waals surface area (Å²) in [4.78, 5) is 1.96. The molecule has 1 N–H and O–H groups in total. The van der Waals surface area contributed by atoms with Crippen LogP contribution < -0.4 is 5.32 Å². The molecule has 1 aromatic rings. The molecule has 17 heavy (non-hydrogen) atoms. The van der Waals surface area contributed by atoms with Crippen molar-refractivity contribution in [3.8, 4) is 0 Å². The molecule has 0 saturated heterocycles. The van der Waals surface area contributed by atoms with Crippen LogP contribution in [0.3, 0.4) is 0 Å². The van der Waals surface area contributed by atoms with Crippen LogP contribution >= 0.6 is 0 Å². The number of benzene rings is 1. The molecule has 1 aromatic carbocycles. The number of nitrogens with zero attached hydrogens (tertiary/aromatic N) is 1. The number of hydrogen-bond donors (Lipinski definition) is 1. The molecule has 0 spiro atoms. The van der Waals surface area contributed by atoms with Crippen molar-refractivity contribution in [2.24, 2.45) is 0 Å². The molecule has 0 saturated carbocycles. The summed E-state index contributed by atoms with van der Waals surface area (Å²) in [6, 6.07) is 4.31. The van der Waals surface area contributed by atoms with Crippen molar-refractivity contribution in [1.29, 1.82) is 0 Å². The lowest BCUT2D eigenvalue weighted by molar-refractivity contribution is -0.138. The fourth-order valence-corrected chi connectivity index (χ4v) is 1.46. The predicted molar refractivity (Wildman–Crippen MR) is 63.2 cm³/mol. The van der Waals surface area contributed by atoms with Crippen molar-refractivity contribution < 1.29 is 13.2 Å². The number of halogens is 3. The first-order valence-corrected chi connectivity index (χ1v) is 5.37. The second kappa shape index (κ2) is 5.40. The molecule has 0 aliphatic rings. The van der Waals surface area contributed by atoms with Gasteiger partial charge in [0.15, 0.2) is 0 Å². The number of anilines is 1. The molecule has 0 atom stereocenters. The summed E-state index contributed by atoms with van der Waals surface area (Å²) in [5.41, 5.74) is 0.174. The maximum atomic E-state index is 12.6. The number of nitrogens with one attached hydrogen (secondary N) is 1. The van der Waals surface area contributed by atoms with Gasteiger partial charge in [-0.25, -0.2) is 0 Å². The lowest BCUT2D eigenvalue weighted by Crippen LogP contribution is -2.21. The standard InChI is InChI=1S/C12H17F3N2/c1-9-4-5-10(16-6-7-17(2)3)8-11(9)12(13,14)15/h4-5,8,16H,6-7H2,1-3H3. The Morgan fingerprint density at radius 3 is 2.41 bits per heavy atom. The first-order valence-electron chi connectivity index (χ1n) is 5.37. The second-order valence-electron chi connectivity index (χ2n) is 4.26. The van der Waals surface area contributed by atoms with Crippen LogP contribution in [0.4, 0.5) is 18.9 Å². The van der Waals surface area contributed by atoms with Crippen LogP contribution in [0.5, 0.6) is 0 Å². The molecule has 0 aliphatic heterocycles. The molecule has 0 bridgehead atoms. The van der Waals surface area contributed by atoms with Crippen molar-refractivity contribution in [2.45, 2.75) is 13.1 Å². The maximum absolute atomic E-state index is 12.6. The normalized spacial score (nSPS) is 11.9. The van der Waals surface area contributed by atoms with Crippen LogP contribution in [-0.4, -0.2) is 32.1 Å². The summed E-state index contributed by atoms with van der Waals surface area (Å²) in [7, 11) is 3.83. The zero-order chi connectivity index (χ0) is 13.1. The molecule has 0 aliphatic carbocycles. The van der Waals surface area contributed by atoms with Gasteiger partial charge in [-0.15, -0.1) is 0 Å². The summed E-state index contributed by atoms with van der Waals surface area (Å²) in [6.45, 7) is 2.86. The van der Waals surface area contributed by atoms with Gasteiger partial charge in [-0.2, -0.15) is 13.2 Å². The van der Waals surface area contributed by atoms with E-state index in [1.165, 1.54) is 13.0 Å². The van der Waals surface area contributed by atoms with Crippen molar-refractivity contribution in [3.63, 3.8) is 0 Å². The Morgan fingerprint density at radius 2 is 1.88 bits per heavy atom. The van der Waals surface area contributed by atoms with Gasteiger partial charge in [-0.1, -0.05) is 6.07 Å². The van der Waals surface area contributed by atoms with E-state index in [0.29, 0.717) is 12.2 Å². The average molecular weight is 246 g/mol. The quantitative estimate of drug-likeness (QED) is 0.878. The van der Waals surface area contributed by atoms with E-state index in [2.05, 4.69) is 5.32 Å². The van der Waals surface area contributed by atoms with Gasteiger partial charge in [-0.05, 0) is 38.7 Å². The Morgan fingerprint density at radius 1 is 1.24 bits per heavy atom. The van der Waals surface area contributed by atoms with E-state index in [-0.39, 0.29) is 5.56 Å². The highest BCUT2D eigenvalue weighted by Crippen LogP contribution is 2.33. The summed E-state index contributed by atoms with van der Waals surface area (Å²) in [5.74, 6) is 0. The predicted octanol–water partition coefficient (Wildman–Crippen LogP) is 2.99. The van der Waals surface area contributed by atoms with Crippen LogP contribution in [0.1, 0.15) is 11.1 Å². The van der Waals surface area contributed by atoms with E-state index >= 15 is 0 Å². The molecule has 0 heterocycles. The molecule has 0 unspecified atom stereocenters. The van der Waals surface area contributed by atoms with Crippen LogP contribution in [0.15, 0.2) is 18.2 Å². The summed E-state index contributed by atoms with van der Waals surface area (Å²) >= 11 is 0. The van der Waals surface area contributed by atoms with Crippen molar-refractivity contribution in [2.75, 3.05) is 32.5 Å². The third-order valence-corrected chi connectivity index (χ3v) is 2.43. The zero-order valence-electron chi connectivity index (χ0n) is 10.2. The van der Waals surface area contributed by atoms with Crippen molar-refractivity contribution in [1.82, 2.24) is 4.90 Å². The number of likely N-dealkylation sites (N-methyl/N-ethyl adjacent to an activating group) is 1. The Balaban J connectivity index is 2.76. The van der Waals surface area contributed by atoms with E-state index in [1.807, 2.05) is 19.0 Å². The van der Waals surface area contributed by atoms with Gasteiger partial charge in [0, 0.05) is 18.8 Å². The molecule has 1 rings (SSSR count). The third kappa shape index (κ3) is 4.26. The van der Waals surface area contributed by atoms with Gasteiger partial charge in [0.2, 0.25) is 0 Å². The van der Waals surface area contributed by atoms with Gasteiger partial charge in [-0.3, -0.25) is 0 Å². The zero-order valence-corrected chi connectivity index (χ0v) is 10.2. The van der Waals surface area contributed by atoms with Gasteiger partial charge < -0.3 is 10.2 Å². The van der Waals surface area contributed by atoms with Gasteiger partial charge in [0.1, 0.15) is 0 Å². The SMILES string of the molecule is Cc1ccc(NCCN(C)C)cc1C(F)(F)F. The smallest absolute Gasteiger partial charge is 0.384 e. The van der Waals surface area contributed by atoms with Crippen LogP contribution in [0.2, 0.25) is 0 Å². The fourth-order valence-electron chi connectivity index (χ4n) is 1.46. The van der Waals surface area contributed by atoms with E-state index in [1.54, 1.807) is 6.07 Å². The first-order chi connectivity index (χ1) is 7.80. The molecule has 0 amide bonds. The van der Waals surface area contributed by atoms with E-state index < -0.39 is 11.7 Å². The average Bonchev–Trinajstić information content (AvgIpc) is 2.18. The molecule has 5 heteroatoms. The summed E-state index contributed by atoms with van der Waals surface area (Å²) < 4.78 is 37.9. The topological polar surface area (TPSA) is 15.3 Å². The second-order valence-corrected chi connectivity index (χ2v) is 4.26. The molecule has 2 nitrogen and oxygen atoms in total. The molecule has 0 aromatic heterocycles. The van der Waals surface area contributed by atoms with E-state index in [9.17, 15) is 13.2 Å². The van der Waals surface area contributed by atoms with Gasteiger partial charge in [0.05, 0.1) is 5.56 Å². The molecular formula is C12H17F3N2. The minimum absolute atomic E-state index is 0.246. The Hall–Kier alpha value is -1.23. The lowest BCUT2D eigenvalue weighted by Gasteiger charge is -2.14. The monoisotopic (exact) mass is 246 g/mol. The molecule has 0 fully saturated rings. The summed E-state index contributed by atoms with van der Waals surface area (Å²) in [5, 5.41) is 2.97. The van der Waals surface area contributed by atoms with Crippen LogP contribution in [0, 0.1) is 6.92 Å². The Kier molecular flexibility index (Phi) is 4.40. The van der Waals surface area contributed by atoms with Crippen molar-refractivity contribution in [3.05, 3.63) is 29.3 Å². The van der Waals surface area contributed by atoms with Crippen molar-refractivity contribution >= 4 is 5.69 Å². The lowest BCUT2D eigenvalue weighted by atomic mass is 10.1. The highest BCUT2D eigenvalue weighted by atomic mass is 19.4. The molecule has 96 valence electrons. The summed E-state index contributed by atoms with van der Waals surface area (Å²) in [6.07, 6.45) is -4.29. The fraction of sp³-hybridized carbons (Fsp3) is 0.500. The van der Waals surface area contributed by atoms with Crippen LogP contribution in [0.25, 0.3) is 0 Å². The highest BCUT2D eigenvalue weighted by Gasteiger charge is 2.32. The first kappa shape index (κ1) is 13.8. The largest absolute Gasteiger partial charge is 0.416 e. The van der Waals surface area contributed by atoms with E-state index in [0.717, 1.165) is 12.6 Å². The minimum atomic E-state index is -4.29. The van der Waals surface area contributed by atoms with Gasteiger partial charge >= 0.3 is 6.18 Å². The minimum Gasteiger partial charge on any atom is -0.384 e. The third-order valence-electron chi connectivity index (χ3n) is 2.43.